The van der Waals surface area contributed by atoms with Crippen molar-refractivity contribution in [1.82, 2.24) is 30.2 Å². The van der Waals surface area contributed by atoms with E-state index in [0.29, 0.717) is 17.8 Å². The fourth-order valence-electron chi connectivity index (χ4n) is 1.99. The molecule has 0 amide bonds. The fourth-order valence-corrected chi connectivity index (χ4v) is 2.84. The molecule has 0 saturated heterocycles. The molecule has 8 nitrogen and oxygen atoms in total. The SMILES string of the molecule is NNc1cc(Sc2nnnn2C2CC2)nc(C2CC2)n1. The number of nitrogens with zero attached hydrogens (tertiary/aromatic N) is 6. The maximum Gasteiger partial charge on any atom is 0.215 e. The summed E-state index contributed by atoms with van der Waals surface area (Å²) in [5, 5.41) is 13.5. The van der Waals surface area contributed by atoms with Gasteiger partial charge in [0.25, 0.3) is 0 Å². The van der Waals surface area contributed by atoms with Gasteiger partial charge < -0.3 is 5.43 Å². The number of nitrogen functional groups attached to an aromatic ring is 1. The normalized spacial score (nSPS) is 18.2. The van der Waals surface area contributed by atoms with Crippen LogP contribution < -0.4 is 11.3 Å². The van der Waals surface area contributed by atoms with Gasteiger partial charge in [0, 0.05) is 12.0 Å². The number of hydrogen-bond donors (Lipinski definition) is 2. The molecule has 2 aromatic heterocycles. The smallest absolute Gasteiger partial charge is 0.215 e. The molecule has 0 radical (unpaired) electrons. The number of hydrazine groups is 1. The number of tetrazole rings is 1. The first-order valence-corrected chi connectivity index (χ1v) is 7.46. The Hall–Kier alpha value is -1.74. The first kappa shape index (κ1) is 12.0. The highest BCUT2D eigenvalue weighted by Gasteiger charge is 2.30. The van der Waals surface area contributed by atoms with Gasteiger partial charge in [0.05, 0.1) is 6.04 Å². The quantitative estimate of drug-likeness (QED) is 0.479. The molecule has 0 spiro atoms. The number of nitrogens with one attached hydrogen (secondary N) is 1. The minimum absolute atomic E-state index is 0.448. The lowest BCUT2D eigenvalue weighted by atomic mass is 10.4. The van der Waals surface area contributed by atoms with E-state index < -0.39 is 0 Å². The Morgan fingerprint density at radius 2 is 2.10 bits per heavy atom. The van der Waals surface area contributed by atoms with Gasteiger partial charge in [-0.15, -0.1) is 5.10 Å². The van der Waals surface area contributed by atoms with Crippen LogP contribution in [0.15, 0.2) is 16.2 Å². The highest BCUT2D eigenvalue weighted by atomic mass is 32.2. The molecule has 104 valence electrons. The fraction of sp³-hybridized carbons (Fsp3) is 0.545. The molecule has 2 aromatic rings. The largest absolute Gasteiger partial charge is 0.308 e. The number of aromatic nitrogens is 6. The average molecular weight is 290 g/mol. The Kier molecular flexibility index (Phi) is 2.81. The van der Waals surface area contributed by atoms with Crippen molar-refractivity contribution < 1.29 is 0 Å². The lowest BCUT2D eigenvalue weighted by Crippen LogP contribution is -2.10. The number of hydrogen-bond acceptors (Lipinski definition) is 8. The molecular formula is C11H14N8S. The van der Waals surface area contributed by atoms with Crippen LogP contribution in [0.25, 0.3) is 0 Å². The molecule has 3 N–H and O–H groups in total. The van der Waals surface area contributed by atoms with E-state index in [1.165, 1.54) is 11.8 Å². The molecule has 2 heterocycles. The molecule has 0 bridgehead atoms. The van der Waals surface area contributed by atoms with Crippen LogP contribution in [-0.2, 0) is 0 Å². The van der Waals surface area contributed by atoms with Crippen LogP contribution in [-0.4, -0.2) is 30.2 Å². The van der Waals surface area contributed by atoms with E-state index in [2.05, 4.69) is 30.9 Å². The lowest BCUT2D eigenvalue weighted by Gasteiger charge is -2.06. The van der Waals surface area contributed by atoms with E-state index in [4.69, 9.17) is 5.84 Å². The van der Waals surface area contributed by atoms with Gasteiger partial charge in [-0.05, 0) is 47.9 Å². The van der Waals surface area contributed by atoms with Crippen LogP contribution in [0.2, 0.25) is 0 Å². The van der Waals surface area contributed by atoms with Gasteiger partial charge in [-0.25, -0.2) is 20.5 Å². The number of nitrogens with two attached hydrogens (primary N) is 1. The topological polar surface area (TPSA) is 107 Å². The van der Waals surface area contributed by atoms with E-state index in [9.17, 15) is 0 Å². The van der Waals surface area contributed by atoms with E-state index in [0.717, 1.165) is 41.7 Å². The second-order valence-electron chi connectivity index (χ2n) is 5.11. The summed E-state index contributed by atoms with van der Waals surface area (Å²) in [6, 6.07) is 2.27. The van der Waals surface area contributed by atoms with Crippen molar-refractivity contribution in [3.8, 4) is 0 Å². The van der Waals surface area contributed by atoms with Crippen LogP contribution in [0.3, 0.4) is 0 Å². The highest BCUT2D eigenvalue weighted by Crippen LogP contribution is 2.40. The van der Waals surface area contributed by atoms with Gasteiger partial charge in [-0.2, -0.15) is 0 Å². The minimum atomic E-state index is 0.448. The zero-order chi connectivity index (χ0) is 13.5. The Balaban J connectivity index is 1.63. The summed E-state index contributed by atoms with van der Waals surface area (Å²) >= 11 is 1.46. The molecular weight excluding hydrogens is 276 g/mol. The van der Waals surface area contributed by atoms with Gasteiger partial charge >= 0.3 is 0 Å². The van der Waals surface area contributed by atoms with Crippen LogP contribution in [0.5, 0.6) is 0 Å². The molecule has 4 rings (SSSR count). The zero-order valence-corrected chi connectivity index (χ0v) is 11.5. The highest BCUT2D eigenvalue weighted by molar-refractivity contribution is 7.99. The van der Waals surface area contributed by atoms with Gasteiger partial charge in [-0.3, -0.25) is 0 Å². The number of rotatable bonds is 5. The van der Waals surface area contributed by atoms with Crippen LogP contribution in [0, 0.1) is 0 Å². The molecule has 20 heavy (non-hydrogen) atoms. The van der Waals surface area contributed by atoms with Crippen LogP contribution in [0.4, 0.5) is 5.82 Å². The maximum atomic E-state index is 5.47. The molecule has 0 atom stereocenters. The van der Waals surface area contributed by atoms with Crippen LogP contribution in [0.1, 0.15) is 43.5 Å². The predicted octanol–water partition coefficient (Wildman–Crippen LogP) is 1.11. The molecule has 2 saturated carbocycles. The summed E-state index contributed by atoms with van der Waals surface area (Å²) in [5.41, 5.74) is 2.60. The summed E-state index contributed by atoms with van der Waals surface area (Å²) < 4.78 is 1.87. The molecule has 0 unspecified atom stereocenters. The van der Waals surface area contributed by atoms with Gasteiger partial charge in [-0.1, -0.05) is 0 Å². The minimum Gasteiger partial charge on any atom is -0.308 e. The number of anilines is 1. The second-order valence-corrected chi connectivity index (χ2v) is 6.10. The van der Waals surface area contributed by atoms with Crippen molar-refractivity contribution in [2.45, 2.75) is 47.8 Å². The maximum absolute atomic E-state index is 5.47. The third kappa shape index (κ3) is 2.34. The Morgan fingerprint density at radius 1 is 1.25 bits per heavy atom. The molecule has 2 aliphatic carbocycles. The lowest BCUT2D eigenvalue weighted by molar-refractivity contribution is 0.565. The first-order valence-electron chi connectivity index (χ1n) is 6.65. The molecule has 0 aliphatic heterocycles. The van der Waals surface area contributed by atoms with E-state index in [-0.39, 0.29) is 0 Å². The monoisotopic (exact) mass is 290 g/mol. The summed E-state index contributed by atoms with van der Waals surface area (Å²) in [7, 11) is 0. The first-order chi connectivity index (χ1) is 9.83. The van der Waals surface area contributed by atoms with Crippen molar-refractivity contribution >= 4 is 17.6 Å². The third-order valence-electron chi connectivity index (χ3n) is 3.36. The average Bonchev–Trinajstić information content (AvgIpc) is 3.37. The summed E-state index contributed by atoms with van der Waals surface area (Å²) in [6.07, 6.45) is 4.59. The second kappa shape index (κ2) is 4.67. The molecule has 0 aromatic carbocycles. The van der Waals surface area contributed by atoms with E-state index >= 15 is 0 Å². The summed E-state index contributed by atoms with van der Waals surface area (Å²) in [5.74, 6) is 7.44. The summed E-state index contributed by atoms with van der Waals surface area (Å²) in [6.45, 7) is 0. The van der Waals surface area contributed by atoms with Crippen molar-refractivity contribution in [3.05, 3.63) is 11.9 Å². The van der Waals surface area contributed by atoms with Gasteiger partial charge in [0.15, 0.2) is 0 Å². The predicted molar refractivity (Wildman–Crippen MR) is 72.0 cm³/mol. The van der Waals surface area contributed by atoms with E-state index in [1.54, 1.807) is 0 Å². The third-order valence-corrected chi connectivity index (χ3v) is 4.23. The Labute approximate surface area is 119 Å². The van der Waals surface area contributed by atoms with Crippen molar-refractivity contribution in [3.63, 3.8) is 0 Å². The Bertz CT molecular complexity index is 633. The Morgan fingerprint density at radius 3 is 2.80 bits per heavy atom. The van der Waals surface area contributed by atoms with Crippen LogP contribution >= 0.6 is 11.8 Å². The van der Waals surface area contributed by atoms with E-state index in [1.807, 2.05) is 10.7 Å². The van der Waals surface area contributed by atoms with Gasteiger partial charge in [0.2, 0.25) is 5.16 Å². The summed E-state index contributed by atoms with van der Waals surface area (Å²) in [4.78, 5) is 8.98. The molecule has 2 fully saturated rings. The molecule has 2 aliphatic rings. The standard InChI is InChI=1S/C11H14N8S/c12-15-8-5-9(14-10(13-8)6-1-2-6)20-11-16-17-18-19(11)7-3-4-7/h5-7H,1-4,12H2,(H,13,14,15). The van der Waals surface area contributed by atoms with Crippen molar-refractivity contribution in [2.24, 2.45) is 5.84 Å². The zero-order valence-electron chi connectivity index (χ0n) is 10.7. The van der Waals surface area contributed by atoms with Crippen molar-refractivity contribution in [2.75, 3.05) is 5.43 Å². The molecule has 9 heteroatoms. The van der Waals surface area contributed by atoms with Gasteiger partial charge in [0.1, 0.15) is 16.7 Å². The van der Waals surface area contributed by atoms with Crippen molar-refractivity contribution in [1.29, 1.82) is 0 Å².